The zero-order valence-electron chi connectivity index (χ0n) is 12.0. The topological polar surface area (TPSA) is 41.6 Å². The van der Waals surface area contributed by atoms with Crippen molar-refractivity contribution in [1.82, 2.24) is 10.2 Å². The summed E-state index contributed by atoms with van der Waals surface area (Å²) in [5.74, 6) is 0.790. The minimum atomic E-state index is -0.445. The number of hydrogen-bond acceptors (Lipinski definition) is 3. The van der Waals surface area contributed by atoms with Crippen LogP contribution in [0.1, 0.15) is 25.3 Å². The molecule has 1 N–H and O–H groups in total. The van der Waals surface area contributed by atoms with Gasteiger partial charge in [-0.25, -0.2) is 0 Å². The van der Waals surface area contributed by atoms with Gasteiger partial charge in [-0.2, -0.15) is 0 Å². The normalized spacial score (nSPS) is 16.2. The minimum Gasteiger partial charge on any atom is -0.480 e. The molecule has 20 heavy (non-hydrogen) atoms. The molecule has 5 heteroatoms. The Bertz CT molecular complexity index is 473. The molecule has 4 nitrogen and oxygen atoms in total. The van der Waals surface area contributed by atoms with Gasteiger partial charge in [0, 0.05) is 19.6 Å². The van der Waals surface area contributed by atoms with Crippen LogP contribution >= 0.6 is 15.9 Å². The van der Waals surface area contributed by atoms with Gasteiger partial charge in [0.05, 0.1) is 4.47 Å². The fraction of sp³-hybridized carbons (Fsp3) is 0.533. The van der Waals surface area contributed by atoms with E-state index in [1.807, 2.05) is 37.1 Å². The van der Waals surface area contributed by atoms with Crippen molar-refractivity contribution in [2.45, 2.75) is 32.4 Å². The Balaban J connectivity index is 1.99. The Kier molecular flexibility index (Phi) is 5.43. The average Bonchev–Trinajstić information content (AvgIpc) is 2.95. The third kappa shape index (κ3) is 3.73. The van der Waals surface area contributed by atoms with Gasteiger partial charge in [0.2, 0.25) is 0 Å². The number of benzene rings is 1. The van der Waals surface area contributed by atoms with Gasteiger partial charge in [0.1, 0.15) is 5.75 Å². The van der Waals surface area contributed by atoms with E-state index in [2.05, 4.69) is 21.2 Å². The summed E-state index contributed by atoms with van der Waals surface area (Å²) in [6, 6.07) is 5.92. The second kappa shape index (κ2) is 7.09. The summed E-state index contributed by atoms with van der Waals surface area (Å²) in [4.78, 5) is 14.1. The largest absolute Gasteiger partial charge is 0.480 e. The maximum absolute atomic E-state index is 12.2. The third-order valence-electron chi connectivity index (χ3n) is 3.45. The average molecular weight is 341 g/mol. The summed E-state index contributed by atoms with van der Waals surface area (Å²) in [5, 5.41) is 3.10. The van der Waals surface area contributed by atoms with Crippen molar-refractivity contribution in [1.29, 1.82) is 0 Å². The first-order chi connectivity index (χ1) is 9.61. The Morgan fingerprint density at radius 2 is 2.15 bits per heavy atom. The first-order valence-corrected chi connectivity index (χ1v) is 7.79. The van der Waals surface area contributed by atoms with Crippen molar-refractivity contribution in [2.24, 2.45) is 0 Å². The van der Waals surface area contributed by atoms with Gasteiger partial charge in [0.25, 0.3) is 5.91 Å². The molecule has 1 aliphatic heterocycles. The predicted molar refractivity (Wildman–Crippen MR) is 82.8 cm³/mol. The number of ether oxygens (including phenoxy) is 1. The van der Waals surface area contributed by atoms with Gasteiger partial charge in [-0.05, 0) is 60.4 Å². The van der Waals surface area contributed by atoms with E-state index < -0.39 is 6.10 Å². The minimum absolute atomic E-state index is 0.0775. The van der Waals surface area contributed by atoms with Crippen molar-refractivity contribution in [2.75, 3.05) is 20.1 Å². The molecule has 1 aliphatic rings. The number of amides is 1. The van der Waals surface area contributed by atoms with Crippen molar-refractivity contribution < 1.29 is 9.53 Å². The first kappa shape index (κ1) is 15.3. The molecule has 1 unspecified atom stereocenters. The zero-order valence-corrected chi connectivity index (χ0v) is 13.6. The van der Waals surface area contributed by atoms with E-state index in [0.717, 1.165) is 36.9 Å². The number of rotatable bonds is 5. The Hall–Kier alpha value is -1.07. The highest BCUT2D eigenvalue weighted by molar-refractivity contribution is 9.10. The van der Waals surface area contributed by atoms with Gasteiger partial charge in [-0.15, -0.1) is 0 Å². The van der Waals surface area contributed by atoms with E-state index in [4.69, 9.17) is 4.74 Å². The molecule has 2 rings (SSSR count). The molecule has 0 radical (unpaired) electrons. The number of likely N-dealkylation sites (tertiary alicyclic amines) is 1. The van der Waals surface area contributed by atoms with Gasteiger partial charge < -0.3 is 15.0 Å². The third-order valence-corrected chi connectivity index (χ3v) is 4.07. The molecule has 1 fully saturated rings. The molecule has 0 aliphatic carbocycles. The van der Waals surface area contributed by atoms with Crippen molar-refractivity contribution in [3.63, 3.8) is 0 Å². The molecule has 1 atom stereocenters. The molecule has 0 saturated carbocycles. The summed E-state index contributed by atoms with van der Waals surface area (Å²) in [6.45, 7) is 4.33. The lowest BCUT2D eigenvalue weighted by Gasteiger charge is -2.21. The zero-order chi connectivity index (χ0) is 14.5. The molecule has 1 aromatic rings. The standard InChI is InChI=1S/C15H21BrN2O2/c1-11(15(19)18-7-3-4-8-18)20-14-6-5-12(10-17-2)9-13(14)16/h5-6,9,11,17H,3-4,7-8,10H2,1-2H3. The van der Waals surface area contributed by atoms with Crippen molar-refractivity contribution in [3.8, 4) is 5.75 Å². The summed E-state index contributed by atoms with van der Waals surface area (Å²) in [7, 11) is 1.91. The van der Waals surface area contributed by atoms with Gasteiger partial charge in [-0.1, -0.05) is 6.07 Å². The molecule has 110 valence electrons. The Labute approximate surface area is 128 Å². The molecule has 1 saturated heterocycles. The van der Waals surface area contributed by atoms with E-state index >= 15 is 0 Å². The number of halogens is 1. The second-order valence-corrected chi connectivity index (χ2v) is 5.94. The van der Waals surface area contributed by atoms with Crippen LogP contribution in [0.5, 0.6) is 5.75 Å². The van der Waals surface area contributed by atoms with Crippen LogP contribution in [0.3, 0.4) is 0 Å². The van der Waals surface area contributed by atoms with E-state index in [1.165, 1.54) is 5.56 Å². The lowest BCUT2D eigenvalue weighted by atomic mass is 10.2. The summed E-state index contributed by atoms with van der Waals surface area (Å²) < 4.78 is 6.67. The molecular formula is C15H21BrN2O2. The highest BCUT2D eigenvalue weighted by atomic mass is 79.9. The smallest absolute Gasteiger partial charge is 0.263 e. The second-order valence-electron chi connectivity index (χ2n) is 5.09. The Morgan fingerprint density at radius 1 is 1.45 bits per heavy atom. The van der Waals surface area contributed by atoms with Crippen LogP contribution in [-0.2, 0) is 11.3 Å². The molecular weight excluding hydrogens is 320 g/mol. The highest BCUT2D eigenvalue weighted by Crippen LogP contribution is 2.27. The van der Waals surface area contributed by atoms with Crippen LogP contribution in [0.2, 0.25) is 0 Å². The van der Waals surface area contributed by atoms with Crippen LogP contribution in [-0.4, -0.2) is 37.0 Å². The predicted octanol–water partition coefficient (Wildman–Crippen LogP) is 2.56. The fourth-order valence-electron chi connectivity index (χ4n) is 2.39. The number of carbonyl (C=O) groups excluding carboxylic acids is 1. The van der Waals surface area contributed by atoms with E-state index in [1.54, 1.807) is 0 Å². The van der Waals surface area contributed by atoms with Crippen molar-refractivity contribution in [3.05, 3.63) is 28.2 Å². The summed E-state index contributed by atoms with van der Waals surface area (Å²) in [5.41, 5.74) is 1.17. The molecule has 0 bridgehead atoms. The van der Waals surface area contributed by atoms with Gasteiger partial charge in [-0.3, -0.25) is 4.79 Å². The fourth-order valence-corrected chi connectivity index (χ4v) is 2.91. The molecule has 1 aromatic carbocycles. The number of nitrogens with zero attached hydrogens (tertiary/aromatic N) is 1. The summed E-state index contributed by atoms with van der Waals surface area (Å²) >= 11 is 3.50. The van der Waals surface area contributed by atoms with Crippen LogP contribution in [0.15, 0.2) is 22.7 Å². The van der Waals surface area contributed by atoms with Crippen LogP contribution in [0, 0.1) is 0 Å². The van der Waals surface area contributed by atoms with Crippen LogP contribution in [0.4, 0.5) is 0 Å². The maximum atomic E-state index is 12.2. The van der Waals surface area contributed by atoms with E-state index in [-0.39, 0.29) is 5.91 Å². The SMILES string of the molecule is CNCc1ccc(OC(C)C(=O)N2CCCC2)c(Br)c1. The number of hydrogen-bond donors (Lipinski definition) is 1. The lowest BCUT2D eigenvalue weighted by molar-refractivity contribution is -0.136. The summed E-state index contributed by atoms with van der Waals surface area (Å²) in [6.07, 6.45) is 1.75. The molecule has 0 spiro atoms. The van der Waals surface area contributed by atoms with Crippen LogP contribution in [0.25, 0.3) is 0 Å². The monoisotopic (exact) mass is 340 g/mol. The van der Waals surface area contributed by atoms with Crippen LogP contribution < -0.4 is 10.1 Å². The van der Waals surface area contributed by atoms with Gasteiger partial charge in [0.15, 0.2) is 6.10 Å². The molecule has 1 heterocycles. The Morgan fingerprint density at radius 3 is 2.75 bits per heavy atom. The first-order valence-electron chi connectivity index (χ1n) is 7.00. The van der Waals surface area contributed by atoms with Crippen molar-refractivity contribution >= 4 is 21.8 Å². The van der Waals surface area contributed by atoms with Gasteiger partial charge >= 0.3 is 0 Å². The van der Waals surface area contributed by atoms with E-state index in [9.17, 15) is 4.79 Å². The molecule has 0 aromatic heterocycles. The van der Waals surface area contributed by atoms with E-state index in [0.29, 0.717) is 5.75 Å². The molecule has 1 amide bonds. The number of carbonyl (C=O) groups is 1. The lowest BCUT2D eigenvalue weighted by Crippen LogP contribution is -2.38. The quantitative estimate of drug-likeness (QED) is 0.895. The highest BCUT2D eigenvalue weighted by Gasteiger charge is 2.24. The maximum Gasteiger partial charge on any atom is 0.263 e. The number of nitrogens with one attached hydrogen (secondary N) is 1.